The van der Waals surface area contributed by atoms with Crippen LogP contribution in [0.5, 0.6) is 0 Å². The third kappa shape index (κ3) is 4.80. The third-order valence-electron chi connectivity index (χ3n) is 3.97. The van der Waals surface area contributed by atoms with Crippen LogP contribution in [0.2, 0.25) is 0 Å². The number of aryl methyl sites for hydroxylation is 1. The van der Waals surface area contributed by atoms with E-state index in [4.69, 9.17) is 0 Å². The predicted octanol–water partition coefficient (Wildman–Crippen LogP) is 3.81. The Morgan fingerprint density at radius 1 is 1.12 bits per heavy atom. The van der Waals surface area contributed by atoms with Crippen molar-refractivity contribution in [2.75, 3.05) is 26.0 Å². The van der Waals surface area contributed by atoms with Crippen molar-refractivity contribution in [2.24, 2.45) is 0 Å². The minimum absolute atomic E-state index is 0.0438. The first-order valence-corrected chi connectivity index (χ1v) is 8.06. The number of benzene rings is 2. The van der Waals surface area contributed by atoms with E-state index >= 15 is 0 Å². The van der Waals surface area contributed by atoms with Gasteiger partial charge >= 0.3 is 6.03 Å². The van der Waals surface area contributed by atoms with Crippen LogP contribution in [0.3, 0.4) is 0 Å². The molecule has 2 aromatic carbocycles. The van der Waals surface area contributed by atoms with E-state index in [0.717, 1.165) is 12.0 Å². The highest BCUT2D eigenvalue weighted by Gasteiger charge is 2.15. The van der Waals surface area contributed by atoms with Crippen LogP contribution < -0.4 is 10.6 Å². The Hall–Kier alpha value is -2.40. The van der Waals surface area contributed by atoms with Crippen molar-refractivity contribution in [1.82, 2.24) is 10.2 Å². The van der Waals surface area contributed by atoms with Crippen LogP contribution in [-0.2, 0) is 6.42 Å². The molecule has 128 valence electrons. The van der Waals surface area contributed by atoms with Crippen molar-refractivity contribution < 1.29 is 9.18 Å². The van der Waals surface area contributed by atoms with E-state index < -0.39 is 11.8 Å². The molecule has 0 fully saturated rings. The summed E-state index contributed by atoms with van der Waals surface area (Å²) in [4.78, 5) is 14.1. The lowest BCUT2D eigenvalue weighted by Crippen LogP contribution is -2.37. The van der Waals surface area contributed by atoms with E-state index in [0.29, 0.717) is 6.54 Å². The number of carbonyl (C=O) groups excluding carboxylic acids is 1. The normalized spacial score (nSPS) is 12.0. The van der Waals surface area contributed by atoms with Gasteiger partial charge in [0, 0.05) is 6.54 Å². The molecule has 2 amide bonds. The number of para-hydroxylation sites is 1. The Morgan fingerprint density at radius 3 is 2.38 bits per heavy atom. The summed E-state index contributed by atoms with van der Waals surface area (Å²) < 4.78 is 13.6. The lowest BCUT2D eigenvalue weighted by molar-refractivity contribution is 0.243. The summed E-state index contributed by atoms with van der Waals surface area (Å²) in [6.07, 6.45) is 0.996. The molecule has 0 heterocycles. The van der Waals surface area contributed by atoms with Gasteiger partial charge in [0.2, 0.25) is 0 Å². The molecule has 0 spiro atoms. The van der Waals surface area contributed by atoms with Gasteiger partial charge < -0.3 is 15.5 Å². The van der Waals surface area contributed by atoms with Crippen molar-refractivity contribution in [3.8, 4) is 0 Å². The molecule has 0 aromatic heterocycles. The number of halogens is 1. The van der Waals surface area contributed by atoms with E-state index in [2.05, 4.69) is 41.8 Å². The highest BCUT2D eigenvalue weighted by molar-refractivity contribution is 5.89. The molecule has 1 unspecified atom stereocenters. The smallest absolute Gasteiger partial charge is 0.319 e. The average Bonchev–Trinajstić information content (AvgIpc) is 2.57. The molecule has 0 aliphatic rings. The predicted molar refractivity (Wildman–Crippen MR) is 95.7 cm³/mol. The van der Waals surface area contributed by atoms with Crippen LogP contribution in [0.25, 0.3) is 0 Å². The molecule has 0 saturated heterocycles. The second kappa shape index (κ2) is 8.45. The van der Waals surface area contributed by atoms with Crippen molar-refractivity contribution in [3.05, 3.63) is 65.5 Å². The number of anilines is 1. The van der Waals surface area contributed by atoms with Gasteiger partial charge in [-0.3, -0.25) is 0 Å². The molecule has 2 N–H and O–H groups in total. The minimum Gasteiger partial charge on any atom is -0.336 e. The maximum absolute atomic E-state index is 13.6. The topological polar surface area (TPSA) is 44.4 Å². The Bertz CT molecular complexity index is 671. The Balaban J connectivity index is 1.98. The molecule has 0 aliphatic heterocycles. The first-order chi connectivity index (χ1) is 11.5. The molecular weight excluding hydrogens is 305 g/mol. The van der Waals surface area contributed by atoms with Gasteiger partial charge in [-0.25, -0.2) is 9.18 Å². The summed E-state index contributed by atoms with van der Waals surface area (Å²) in [7, 11) is 3.93. The Morgan fingerprint density at radius 2 is 1.79 bits per heavy atom. The number of rotatable bonds is 6. The van der Waals surface area contributed by atoms with Gasteiger partial charge in [0.05, 0.1) is 11.7 Å². The fourth-order valence-electron chi connectivity index (χ4n) is 2.49. The first kappa shape index (κ1) is 17.9. The molecule has 4 nitrogen and oxygen atoms in total. The van der Waals surface area contributed by atoms with Crippen molar-refractivity contribution in [1.29, 1.82) is 0 Å². The molecule has 2 aromatic rings. The number of likely N-dealkylation sites (N-methyl/N-ethyl adjacent to an activating group) is 1. The number of nitrogens with one attached hydrogen (secondary N) is 2. The largest absolute Gasteiger partial charge is 0.336 e. The monoisotopic (exact) mass is 329 g/mol. The molecule has 0 aliphatic carbocycles. The maximum Gasteiger partial charge on any atom is 0.319 e. The maximum atomic E-state index is 13.6. The highest BCUT2D eigenvalue weighted by atomic mass is 19.1. The first-order valence-electron chi connectivity index (χ1n) is 8.06. The van der Waals surface area contributed by atoms with Gasteiger partial charge in [0.1, 0.15) is 5.82 Å². The molecule has 24 heavy (non-hydrogen) atoms. The van der Waals surface area contributed by atoms with Crippen LogP contribution in [-0.4, -0.2) is 31.6 Å². The summed E-state index contributed by atoms with van der Waals surface area (Å²) in [5.41, 5.74) is 2.58. The zero-order valence-corrected chi connectivity index (χ0v) is 14.3. The summed E-state index contributed by atoms with van der Waals surface area (Å²) >= 11 is 0. The average molecular weight is 329 g/mol. The lowest BCUT2D eigenvalue weighted by atomic mass is 10.0. The number of urea groups is 1. The summed E-state index contributed by atoms with van der Waals surface area (Å²) in [5, 5.41) is 5.34. The minimum atomic E-state index is -0.452. The molecule has 5 heteroatoms. The standard InChI is InChI=1S/C19H24FN3O/c1-4-14-9-11-15(12-10-14)18(23(2)3)13-21-19(24)22-17-8-6-5-7-16(17)20/h5-12,18H,4,13H2,1-3H3,(H2,21,22,24). The number of amides is 2. The summed E-state index contributed by atoms with van der Waals surface area (Å²) in [6, 6.07) is 14.1. The van der Waals surface area contributed by atoms with Gasteiger partial charge in [-0.1, -0.05) is 43.3 Å². The van der Waals surface area contributed by atoms with Crippen molar-refractivity contribution >= 4 is 11.7 Å². The quantitative estimate of drug-likeness (QED) is 0.846. The van der Waals surface area contributed by atoms with Gasteiger partial charge in [-0.15, -0.1) is 0 Å². The second-order valence-electron chi connectivity index (χ2n) is 5.89. The second-order valence-corrected chi connectivity index (χ2v) is 5.89. The molecule has 1 atom stereocenters. The van der Waals surface area contributed by atoms with Crippen LogP contribution in [0.4, 0.5) is 14.9 Å². The molecule has 0 bridgehead atoms. The van der Waals surface area contributed by atoms with Crippen molar-refractivity contribution in [3.63, 3.8) is 0 Å². The number of hydrogen-bond acceptors (Lipinski definition) is 2. The lowest BCUT2D eigenvalue weighted by Gasteiger charge is -2.25. The van der Waals surface area contributed by atoms with Gasteiger partial charge in [0.15, 0.2) is 0 Å². The number of nitrogens with zero attached hydrogens (tertiary/aromatic N) is 1. The third-order valence-corrected chi connectivity index (χ3v) is 3.97. The van der Waals surface area contributed by atoms with E-state index in [1.807, 2.05) is 19.0 Å². The Kier molecular flexibility index (Phi) is 6.32. The van der Waals surface area contributed by atoms with Crippen LogP contribution >= 0.6 is 0 Å². The van der Waals surface area contributed by atoms with E-state index in [1.165, 1.54) is 17.7 Å². The number of hydrogen-bond donors (Lipinski definition) is 2. The van der Waals surface area contributed by atoms with Gasteiger partial charge in [0.25, 0.3) is 0 Å². The van der Waals surface area contributed by atoms with Crippen LogP contribution in [0.15, 0.2) is 48.5 Å². The van der Waals surface area contributed by atoms with Crippen LogP contribution in [0, 0.1) is 5.82 Å². The SMILES string of the molecule is CCc1ccc(C(CNC(=O)Nc2ccccc2F)N(C)C)cc1. The van der Waals surface area contributed by atoms with Gasteiger partial charge in [-0.05, 0) is 43.8 Å². The zero-order valence-electron chi connectivity index (χ0n) is 14.3. The molecular formula is C19H24FN3O. The molecule has 0 radical (unpaired) electrons. The molecule has 0 saturated carbocycles. The summed E-state index contributed by atoms with van der Waals surface area (Å²) in [6.45, 7) is 2.55. The Labute approximate surface area is 142 Å². The van der Waals surface area contributed by atoms with E-state index in [1.54, 1.807) is 12.1 Å². The fourth-order valence-corrected chi connectivity index (χ4v) is 2.49. The summed E-state index contributed by atoms with van der Waals surface area (Å²) in [5.74, 6) is -0.452. The van der Waals surface area contributed by atoms with E-state index in [9.17, 15) is 9.18 Å². The number of carbonyl (C=O) groups is 1. The fraction of sp³-hybridized carbons (Fsp3) is 0.316. The van der Waals surface area contributed by atoms with Gasteiger partial charge in [-0.2, -0.15) is 0 Å². The van der Waals surface area contributed by atoms with E-state index in [-0.39, 0.29) is 11.7 Å². The van der Waals surface area contributed by atoms with Crippen LogP contribution in [0.1, 0.15) is 24.1 Å². The molecule has 2 rings (SSSR count). The van der Waals surface area contributed by atoms with Crippen molar-refractivity contribution in [2.45, 2.75) is 19.4 Å². The zero-order chi connectivity index (χ0) is 17.5. The highest BCUT2D eigenvalue weighted by Crippen LogP contribution is 2.18.